The summed E-state index contributed by atoms with van der Waals surface area (Å²) in [7, 11) is 1.82. The van der Waals surface area contributed by atoms with Crippen LogP contribution in [0.4, 0.5) is 5.82 Å². The van der Waals surface area contributed by atoms with E-state index in [1.165, 1.54) is 0 Å². The molecule has 21 heavy (non-hydrogen) atoms. The van der Waals surface area contributed by atoms with Crippen molar-refractivity contribution in [3.8, 4) is 0 Å². The van der Waals surface area contributed by atoms with Gasteiger partial charge in [0.05, 0.1) is 0 Å². The van der Waals surface area contributed by atoms with Crippen molar-refractivity contribution in [2.45, 2.75) is 32.6 Å². The minimum Gasteiger partial charge on any atom is -0.396 e. The lowest BCUT2D eigenvalue weighted by Gasteiger charge is -2.17. The molecule has 1 aromatic rings. The van der Waals surface area contributed by atoms with E-state index in [2.05, 4.69) is 17.2 Å². The second-order valence-corrected chi connectivity index (χ2v) is 5.65. The van der Waals surface area contributed by atoms with Gasteiger partial charge in [0, 0.05) is 38.0 Å². The lowest BCUT2D eigenvalue weighted by molar-refractivity contribution is 0.0784. The maximum absolute atomic E-state index is 12.6. The Bertz CT molecular complexity index is 490. The summed E-state index contributed by atoms with van der Waals surface area (Å²) in [5.41, 5.74) is 1.67. The van der Waals surface area contributed by atoms with Crippen molar-refractivity contribution in [3.05, 3.63) is 23.4 Å². The number of pyridine rings is 1. The fourth-order valence-corrected chi connectivity index (χ4v) is 2.84. The third-order valence-electron chi connectivity index (χ3n) is 4.00. The predicted octanol–water partition coefficient (Wildman–Crippen LogP) is 1.92. The SMILES string of the molecule is CCCc1cc(C(=O)N2CCC(CCO)C2)cc(NC)n1. The first-order valence-electron chi connectivity index (χ1n) is 7.76. The molecule has 0 aromatic carbocycles. The molecule has 1 amide bonds. The van der Waals surface area contributed by atoms with Gasteiger partial charge in [0.15, 0.2) is 0 Å². The minimum atomic E-state index is 0.0756. The Morgan fingerprint density at radius 2 is 2.33 bits per heavy atom. The molecule has 0 spiro atoms. The molecule has 116 valence electrons. The molecule has 1 fully saturated rings. The molecule has 5 heteroatoms. The Labute approximate surface area is 126 Å². The van der Waals surface area contributed by atoms with Gasteiger partial charge in [-0.3, -0.25) is 4.79 Å². The van der Waals surface area contributed by atoms with E-state index in [-0.39, 0.29) is 12.5 Å². The highest BCUT2D eigenvalue weighted by atomic mass is 16.3. The van der Waals surface area contributed by atoms with Gasteiger partial charge in [-0.25, -0.2) is 4.98 Å². The zero-order valence-corrected chi connectivity index (χ0v) is 12.9. The molecule has 0 radical (unpaired) electrons. The topological polar surface area (TPSA) is 65.5 Å². The first-order valence-corrected chi connectivity index (χ1v) is 7.76. The number of aromatic nitrogens is 1. The number of hydrogen-bond acceptors (Lipinski definition) is 4. The molecule has 1 aliphatic rings. The number of carbonyl (C=O) groups is 1. The molecular weight excluding hydrogens is 266 g/mol. The molecule has 0 saturated carbocycles. The summed E-state index contributed by atoms with van der Waals surface area (Å²) in [5, 5.41) is 12.0. The van der Waals surface area contributed by atoms with Gasteiger partial charge in [0.1, 0.15) is 5.82 Å². The second-order valence-electron chi connectivity index (χ2n) is 5.65. The van der Waals surface area contributed by atoms with E-state index in [1.54, 1.807) is 0 Å². The van der Waals surface area contributed by atoms with Gasteiger partial charge in [-0.1, -0.05) is 13.3 Å². The fourth-order valence-electron chi connectivity index (χ4n) is 2.84. The summed E-state index contributed by atoms with van der Waals surface area (Å²) in [6, 6.07) is 3.73. The van der Waals surface area contributed by atoms with E-state index in [1.807, 2.05) is 24.1 Å². The van der Waals surface area contributed by atoms with Gasteiger partial charge in [-0.05, 0) is 37.3 Å². The molecule has 2 rings (SSSR count). The lowest BCUT2D eigenvalue weighted by Crippen LogP contribution is -2.29. The predicted molar refractivity (Wildman–Crippen MR) is 83.5 cm³/mol. The summed E-state index contributed by atoms with van der Waals surface area (Å²) in [6.07, 6.45) is 3.65. The summed E-state index contributed by atoms with van der Waals surface area (Å²) in [4.78, 5) is 19.0. The van der Waals surface area contributed by atoms with Gasteiger partial charge >= 0.3 is 0 Å². The van der Waals surface area contributed by atoms with E-state index in [0.717, 1.165) is 50.3 Å². The quantitative estimate of drug-likeness (QED) is 0.840. The van der Waals surface area contributed by atoms with Crippen molar-refractivity contribution < 1.29 is 9.90 Å². The fraction of sp³-hybridized carbons (Fsp3) is 0.625. The number of nitrogens with zero attached hydrogens (tertiary/aromatic N) is 2. The van der Waals surface area contributed by atoms with Gasteiger partial charge in [-0.15, -0.1) is 0 Å². The molecule has 2 N–H and O–H groups in total. The van der Waals surface area contributed by atoms with Crippen molar-refractivity contribution in [1.82, 2.24) is 9.88 Å². The van der Waals surface area contributed by atoms with E-state index < -0.39 is 0 Å². The lowest BCUT2D eigenvalue weighted by atomic mass is 10.1. The summed E-state index contributed by atoms with van der Waals surface area (Å²) in [6.45, 7) is 3.84. The first-order chi connectivity index (χ1) is 10.2. The molecule has 1 saturated heterocycles. The summed E-state index contributed by atoms with van der Waals surface area (Å²) in [5.74, 6) is 1.25. The van der Waals surface area contributed by atoms with Crippen LogP contribution in [0.15, 0.2) is 12.1 Å². The molecule has 5 nitrogen and oxygen atoms in total. The molecule has 1 aromatic heterocycles. The van der Waals surface area contributed by atoms with Crippen LogP contribution in [-0.4, -0.2) is 47.6 Å². The van der Waals surface area contributed by atoms with Crippen LogP contribution >= 0.6 is 0 Å². The Kier molecular flexibility index (Phi) is 5.56. The smallest absolute Gasteiger partial charge is 0.254 e. The normalized spacial score (nSPS) is 18.0. The third kappa shape index (κ3) is 3.94. The zero-order chi connectivity index (χ0) is 15.2. The molecule has 1 unspecified atom stereocenters. The zero-order valence-electron chi connectivity index (χ0n) is 12.9. The Hall–Kier alpha value is -1.62. The molecule has 0 aliphatic carbocycles. The van der Waals surface area contributed by atoms with Crippen LogP contribution < -0.4 is 5.32 Å². The van der Waals surface area contributed by atoms with Gasteiger partial charge in [0.25, 0.3) is 5.91 Å². The van der Waals surface area contributed by atoms with Crippen LogP contribution in [0.3, 0.4) is 0 Å². The van der Waals surface area contributed by atoms with Crippen molar-refractivity contribution in [1.29, 1.82) is 0 Å². The largest absolute Gasteiger partial charge is 0.396 e. The van der Waals surface area contributed by atoms with Crippen LogP contribution in [0.5, 0.6) is 0 Å². The van der Waals surface area contributed by atoms with Crippen LogP contribution in [0.1, 0.15) is 42.2 Å². The van der Waals surface area contributed by atoms with Crippen LogP contribution in [0.25, 0.3) is 0 Å². The second kappa shape index (κ2) is 7.41. The van der Waals surface area contributed by atoms with Crippen LogP contribution in [0, 0.1) is 5.92 Å². The summed E-state index contributed by atoms with van der Waals surface area (Å²) >= 11 is 0. The number of aryl methyl sites for hydroxylation is 1. The number of hydrogen-bond donors (Lipinski definition) is 2. The number of aliphatic hydroxyl groups is 1. The van der Waals surface area contributed by atoms with Crippen LogP contribution in [0.2, 0.25) is 0 Å². The molecule has 2 heterocycles. The number of carbonyl (C=O) groups excluding carboxylic acids is 1. The van der Waals surface area contributed by atoms with E-state index in [9.17, 15) is 4.79 Å². The van der Waals surface area contributed by atoms with Gasteiger partial charge in [-0.2, -0.15) is 0 Å². The third-order valence-corrected chi connectivity index (χ3v) is 4.00. The Morgan fingerprint density at radius 1 is 1.52 bits per heavy atom. The number of aliphatic hydroxyl groups excluding tert-OH is 1. The average Bonchev–Trinajstić information content (AvgIpc) is 2.95. The maximum atomic E-state index is 12.6. The Morgan fingerprint density at radius 3 is 3.00 bits per heavy atom. The van der Waals surface area contributed by atoms with Crippen LogP contribution in [-0.2, 0) is 6.42 Å². The molecule has 0 bridgehead atoms. The number of amides is 1. The average molecular weight is 291 g/mol. The standard InChI is InChI=1S/C16H25N3O2/c1-3-4-14-9-13(10-15(17-2)18-14)16(21)19-7-5-12(11-19)6-8-20/h9-10,12,20H,3-8,11H2,1-2H3,(H,17,18). The number of nitrogens with one attached hydrogen (secondary N) is 1. The highest BCUT2D eigenvalue weighted by Crippen LogP contribution is 2.22. The van der Waals surface area contributed by atoms with Crippen molar-refractivity contribution >= 4 is 11.7 Å². The highest BCUT2D eigenvalue weighted by molar-refractivity contribution is 5.95. The van der Waals surface area contributed by atoms with E-state index in [0.29, 0.717) is 11.5 Å². The van der Waals surface area contributed by atoms with Crippen molar-refractivity contribution in [2.24, 2.45) is 5.92 Å². The minimum absolute atomic E-state index is 0.0756. The van der Waals surface area contributed by atoms with Crippen molar-refractivity contribution in [2.75, 3.05) is 32.1 Å². The summed E-state index contributed by atoms with van der Waals surface area (Å²) < 4.78 is 0. The maximum Gasteiger partial charge on any atom is 0.254 e. The number of anilines is 1. The molecule has 1 atom stereocenters. The van der Waals surface area contributed by atoms with E-state index >= 15 is 0 Å². The Balaban J connectivity index is 2.13. The number of rotatable bonds is 6. The molecule has 1 aliphatic heterocycles. The molecular formula is C16H25N3O2. The van der Waals surface area contributed by atoms with E-state index in [4.69, 9.17) is 5.11 Å². The van der Waals surface area contributed by atoms with Gasteiger partial charge in [0.2, 0.25) is 0 Å². The van der Waals surface area contributed by atoms with Gasteiger partial charge < -0.3 is 15.3 Å². The number of likely N-dealkylation sites (tertiary alicyclic amines) is 1. The highest BCUT2D eigenvalue weighted by Gasteiger charge is 2.26. The first kappa shape index (κ1) is 15.8. The van der Waals surface area contributed by atoms with Crippen molar-refractivity contribution in [3.63, 3.8) is 0 Å². The monoisotopic (exact) mass is 291 g/mol.